The van der Waals surface area contributed by atoms with Crippen LogP contribution in [0.15, 0.2) is 40.8 Å². The predicted octanol–water partition coefficient (Wildman–Crippen LogP) is 4.49. The zero-order valence-corrected chi connectivity index (χ0v) is 11.6. The van der Waals surface area contributed by atoms with E-state index in [1.165, 1.54) is 12.1 Å². The number of nitro benzene ring substituents is 1. The fraction of sp³-hybridized carbons (Fsp3) is 0.0714. The molecule has 0 bridgehead atoms. The van der Waals surface area contributed by atoms with Gasteiger partial charge >= 0.3 is 6.08 Å². The minimum absolute atomic E-state index is 0.0240. The number of para-hydroxylation sites is 2. The first-order chi connectivity index (χ1) is 10.0. The smallest absolute Gasteiger partial charge is 0.400 e. The van der Waals surface area contributed by atoms with Crippen molar-refractivity contribution in [2.24, 2.45) is 0 Å². The van der Waals surface area contributed by atoms with Crippen LogP contribution in [-0.4, -0.2) is 9.91 Å². The van der Waals surface area contributed by atoms with Crippen LogP contribution < -0.4 is 4.74 Å². The van der Waals surface area contributed by atoms with E-state index < -0.39 is 4.92 Å². The summed E-state index contributed by atoms with van der Waals surface area (Å²) in [4.78, 5) is 14.5. The number of aromatic nitrogens is 1. The zero-order chi connectivity index (χ0) is 15.0. The summed E-state index contributed by atoms with van der Waals surface area (Å²) in [6, 6.07) is 9.90. The van der Waals surface area contributed by atoms with Crippen LogP contribution >= 0.6 is 11.6 Å². The maximum Gasteiger partial charge on any atom is 0.400 e. The van der Waals surface area contributed by atoms with Crippen molar-refractivity contribution in [1.29, 1.82) is 0 Å². The highest BCUT2D eigenvalue weighted by Crippen LogP contribution is 2.34. The van der Waals surface area contributed by atoms with Crippen molar-refractivity contribution in [1.82, 2.24) is 4.98 Å². The van der Waals surface area contributed by atoms with Gasteiger partial charge in [-0.15, -0.1) is 0 Å². The van der Waals surface area contributed by atoms with Gasteiger partial charge in [0.2, 0.25) is 0 Å². The predicted molar refractivity (Wildman–Crippen MR) is 76.9 cm³/mol. The van der Waals surface area contributed by atoms with Gasteiger partial charge in [-0.3, -0.25) is 10.1 Å². The Balaban J connectivity index is 2.00. The summed E-state index contributed by atoms with van der Waals surface area (Å²) in [5.41, 5.74) is 1.64. The lowest BCUT2D eigenvalue weighted by molar-refractivity contribution is -0.384. The monoisotopic (exact) mass is 304 g/mol. The Morgan fingerprint density at radius 3 is 2.81 bits per heavy atom. The van der Waals surface area contributed by atoms with Crippen LogP contribution in [0, 0.1) is 17.0 Å². The summed E-state index contributed by atoms with van der Waals surface area (Å²) >= 11 is 5.83. The molecule has 0 N–H and O–H groups in total. The first kappa shape index (κ1) is 13.4. The van der Waals surface area contributed by atoms with E-state index in [-0.39, 0.29) is 22.5 Å². The van der Waals surface area contributed by atoms with Crippen molar-refractivity contribution >= 4 is 28.4 Å². The normalized spacial score (nSPS) is 10.8. The number of oxazole rings is 1. The molecule has 6 nitrogen and oxygen atoms in total. The van der Waals surface area contributed by atoms with Gasteiger partial charge in [0.25, 0.3) is 5.69 Å². The molecule has 0 fully saturated rings. The van der Waals surface area contributed by atoms with Gasteiger partial charge in [-0.1, -0.05) is 23.7 Å². The van der Waals surface area contributed by atoms with Crippen molar-refractivity contribution in [3.05, 3.63) is 57.1 Å². The van der Waals surface area contributed by atoms with E-state index in [2.05, 4.69) is 4.98 Å². The molecule has 7 heteroatoms. The van der Waals surface area contributed by atoms with Crippen molar-refractivity contribution in [3.63, 3.8) is 0 Å². The first-order valence-electron chi connectivity index (χ1n) is 6.02. The SMILES string of the molecule is Cc1cc(Cl)c([N+](=O)[O-])cc1Oc1nc2ccccc2o1. The molecule has 3 aromatic rings. The van der Waals surface area contributed by atoms with Gasteiger partial charge in [-0.2, -0.15) is 4.98 Å². The molecule has 0 amide bonds. The molecular formula is C14H9ClN2O4. The first-order valence-corrected chi connectivity index (χ1v) is 6.40. The molecule has 0 unspecified atom stereocenters. The summed E-state index contributed by atoms with van der Waals surface area (Å²) in [5.74, 6) is 0.276. The second-order valence-electron chi connectivity index (χ2n) is 4.38. The number of nitro groups is 1. The van der Waals surface area contributed by atoms with Gasteiger partial charge in [0, 0.05) is 0 Å². The van der Waals surface area contributed by atoms with Crippen LogP contribution in [0.1, 0.15) is 5.56 Å². The van der Waals surface area contributed by atoms with Crippen LogP contribution in [0.25, 0.3) is 11.1 Å². The molecule has 0 aliphatic rings. The standard InChI is InChI=1S/C14H9ClN2O4/c1-8-6-9(15)11(17(18)19)7-13(8)21-14-16-10-4-2-3-5-12(10)20-14/h2-7H,1H3. The van der Waals surface area contributed by atoms with Crippen molar-refractivity contribution in [2.75, 3.05) is 0 Å². The van der Waals surface area contributed by atoms with Gasteiger partial charge in [-0.05, 0) is 30.7 Å². The highest BCUT2D eigenvalue weighted by atomic mass is 35.5. The maximum absolute atomic E-state index is 10.9. The Hall–Kier alpha value is -2.60. The van der Waals surface area contributed by atoms with Crippen molar-refractivity contribution < 1.29 is 14.1 Å². The summed E-state index contributed by atoms with van der Waals surface area (Å²) in [7, 11) is 0. The van der Waals surface area contributed by atoms with Crippen LogP contribution in [-0.2, 0) is 0 Å². The number of aryl methyl sites for hydroxylation is 1. The summed E-state index contributed by atoms with van der Waals surface area (Å²) in [6.07, 6.45) is 0.0240. The van der Waals surface area contributed by atoms with E-state index in [1.54, 1.807) is 19.1 Å². The molecule has 0 radical (unpaired) electrons. The largest absolute Gasteiger partial charge is 0.410 e. The lowest BCUT2D eigenvalue weighted by Gasteiger charge is -2.05. The Labute approximate surface area is 124 Å². The van der Waals surface area contributed by atoms with E-state index >= 15 is 0 Å². The quantitative estimate of drug-likeness (QED) is 0.526. The number of halogens is 1. The average molecular weight is 305 g/mol. The number of hydrogen-bond acceptors (Lipinski definition) is 5. The van der Waals surface area contributed by atoms with E-state index in [4.69, 9.17) is 20.8 Å². The molecule has 0 saturated carbocycles. The van der Waals surface area contributed by atoms with Crippen LogP contribution in [0.4, 0.5) is 5.69 Å². The number of benzene rings is 2. The molecule has 1 aromatic heterocycles. The van der Waals surface area contributed by atoms with Gasteiger partial charge in [0.15, 0.2) is 5.58 Å². The number of fused-ring (bicyclic) bond motifs is 1. The summed E-state index contributed by atoms with van der Waals surface area (Å²) in [5, 5.41) is 11.0. The molecule has 0 atom stereocenters. The number of nitrogens with zero attached hydrogens (tertiary/aromatic N) is 2. The molecular weight excluding hydrogens is 296 g/mol. The van der Waals surface area contributed by atoms with Crippen molar-refractivity contribution in [3.8, 4) is 11.8 Å². The van der Waals surface area contributed by atoms with Gasteiger partial charge in [0.05, 0.1) is 11.0 Å². The molecule has 0 saturated heterocycles. The Morgan fingerprint density at radius 2 is 2.10 bits per heavy atom. The lowest BCUT2D eigenvalue weighted by Crippen LogP contribution is -1.93. The topological polar surface area (TPSA) is 78.4 Å². The zero-order valence-electron chi connectivity index (χ0n) is 10.9. The highest BCUT2D eigenvalue weighted by Gasteiger charge is 2.18. The molecule has 1 heterocycles. The minimum atomic E-state index is -0.569. The Morgan fingerprint density at radius 1 is 1.33 bits per heavy atom. The molecule has 21 heavy (non-hydrogen) atoms. The minimum Gasteiger partial charge on any atom is -0.410 e. The molecule has 2 aromatic carbocycles. The van der Waals surface area contributed by atoms with Crippen LogP contribution in [0.2, 0.25) is 5.02 Å². The molecule has 106 valence electrons. The third kappa shape index (κ3) is 2.53. The fourth-order valence-corrected chi connectivity index (χ4v) is 2.17. The lowest BCUT2D eigenvalue weighted by atomic mass is 10.2. The Bertz CT molecular complexity index is 811. The van der Waals surface area contributed by atoms with Gasteiger partial charge in [-0.25, -0.2) is 0 Å². The van der Waals surface area contributed by atoms with E-state index in [9.17, 15) is 10.1 Å². The fourth-order valence-electron chi connectivity index (χ4n) is 1.88. The van der Waals surface area contributed by atoms with E-state index in [0.29, 0.717) is 16.7 Å². The second-order valence-corrected chi connectivity index (χ2v) is 4.78. The molecule has 0 spiro atoms. The molecule has 0 aliphatic heterocycles. The van der Waals surface area contributed by atoms with Crippen molar-refractivity contribution in [2.45, 2.75) is 6.92 Å². The van der Waals surface area contributed by atoms with Gasteiger partial charge < -0.3 is 9.15 Å². The maximum atomic E-state index is 10.9. The molecule has 0 aliphatic carbocycles. The number of rotatable bonds is 3. The number of hydrogen-bond donors (Lipinski definition) is 0. The van der Waals surface area contributed by atoms with Gasteiger partial charge in [0.1, 0.15) is 16.3 Å². The van der Waals surface area contributed by atoms with E-state index in [1.807, 2.05) is 12.1 Å². The van der Waals surface area contributed by atoms with Crippen LogP contribution in [0.3, 0.4) is 0 Å². The summed E-state index contributed by atoms with van der Waals surface area (Å²) < 4.78 is 10.9. The van der Waals surface area contributed by atoms with Crippen LogP contribution in [0.5, 0.6) is 11.8 Å². The second kappa shape index (κ2) is 5.06. The third-order valence-corrected chi connectivity index (χ3v) is 3.22. The Kier molecular flexibility index (Phi) is 3.23. The summed E-state index contributed by atoms with van der Waals surface area (Å²) in [6.45, 7) is 1.73. The molecule has 3 rings (SSSR count). The average Bonchev–Trinajstić information content (AvgIpc) is 2.83. The van der Waals surface area contributed by atoms with E-state index in [0.717, 1.165) is 0 Å². The number of ether oxygens (including phenoxy) is 1. The third-order valence-electron chi connectivity index (χ3n) is 2.91. The highest BCUT2D eigenvalue weighted by molar-refractivity contribution is 6.32.